The lowest BCUT2D eigenvalue weighted by Crippen LogP contribution is -2.51. The second-order valence-corrected chi connectivity index (χ2v) is 8.70. The van der Waals surface area contributed by atoms with E-state index in [0.717, 1.165) is 41.8 Å². The van der Waals surface area contributed by atoms with Crippen molar-refractivity contribution in [1.29, 1.82) is 0 Å². The van der Waals surface area contributed by atoms with Crippen molar-refractivity contribution in [2.45, 2.75) is 44.8 Å². The van der Waals surface area contributed by atoms with Crippen LogP contribution in [0.25, 0.3) is 11.1 Å². The zero-order valence-corrected chi connectivity index (χ0v) is 18.9. The van der Waals surface area contributed by atoms with Gasteiger partial charge in [0.15, 0.2) is 0 Å². The van der Waals surface area contributed by atoms with Gasteiger partial charge in [-0.05, 0) is 63.1 Å². The number of carbonyl (C=O) groups excluding carboxylic acids is 1. The molecule has 2 aliphatic rings. The molecule has 1 unspecified atom stereocenters. The fourth-order valence-electron chi connectivity index (χ4n) is 4.59. The lowest BCUT2D eigenvalue weighted by atomic mass is 9.92. The number of benzene rings is 2. The number of hydrogen-bond acceptors (Lipinski definition) is 5. The maximum absolute atomic E-state index is 13.5. The molecule has 2 aromatic carbocycles. The van der Waals surface area contributed by atoms with Crippen molar-refractivity contribution in [3.63, 3.8) is 0 Å². The van der Waals surface area contributed by atoms with Crippen LogP contribution in [0, 0.1) is 5.82 Å². The molecule has 7 nitrogen and oxygen atoms in total. The van der Waals surface area contributed by atoms with Gasteiger partial charge in [0.05, 0.1) is 25.0 Å². The number of nitrogens with one attached hydrogen (secondary N) is 1. The van der Waals surface area contributed by atoms with Gasteiger partial charge in [0.25, 0.3) is 0 Å². The van der Waals surface area contributed by atoms with Crippen LogP contribution >= 0.6 is 0 Å². The van der Waals surface area contributed by atoms with Gasteiger partial charge in [0.2, 0.25) is 0 Å². The van der Waals surface area contributed by atoms with Gasteiger partial charge >= 0.3 is 6.09 Å². The molecule has 5 rings (SSSR count). The monoisotopic (exact) mass is 450 g/mol. The molecule has 0 aliphatic carbocycles. The van der Waals surface area contributed by atoms with Gasteiger partial charge in [-0.15, -0.1) is 0 Å². The first-order chi connectivity index (χ1) is 16.0. The van der Waals surface area contributed by atoms with Crippen LogP contribution < -0.4 is 15.0 Å². The molecule has 1 fully saturated rings. The Morgan fingerprint density at radius 3 is 2.64 bits per heavy atom. The molecule has 1 aromatic heterocycles. The topological polar surface area (TPSA) is 68.6 Å². The zero-order chi connectivity index (χ0) is 23.1. The summed E-state index contributed by atoms with van der Waals surface area (Å²) in [5.41, 5.74) is 3.50. The molecule has 172 valence electrons. The summed E-state index contributed by atoms with van der Waals surface area (Å²) in [7, 11) is 1.39. The van der Waals surface area contributed by atoms with Crippen molar-refractivity contribution < 1.29 is 18.7 Å². The summed E-state index contributed by atoms with van der Waals surface area (Å²) >= 11 is 0. The maximum Gasteiger partial charge on any atom is 0.414 e. The normalized spacial score (nSPS) is 21.8. The highest BCUT2D eigenvalue weighted by molar-refractivity contribution is 5.92. The van der Waals surface area contributed by atoms with Crippen LogP contribution in [-0.2, 0) is 11.2 Å². The van der Waals surface area contributed by atoms with Crippen LogP contribution in [0.4, 0.5) is 14.9 Å². The second-order valence-electron chi connectivity index (χ2n) is 8.70. The Bertz CT molecular complexity index is 1180. The molecule has 0 spiro atoms. The van der Waals surface area contributed by atoms with Gasteiger partial charge in [-0.2, -0.15) is 5.10 Å². The Kier molecular flexibility index (Phi) is 5.54. The number of rotatable bonds is 4. The Morgan fingerprint density at radius 1 is 1.18 bits per heavy atom. The quantitative estimate of drug-likeness (QED) is 0.611. The summed E-state index contributed by atoms with van der Waals surface area (Å²) in [4.78, 5) is 14.2. The summed E-state index contributed by atoms with van der Waals surface area (Å²) in [6, 6.07) is 10.5. The van der Waals surface area contributed by atoms with Crippen molar-refractivity contribution >= 4 is 11.8 Å². The second kappa shape index (κ2) is 8.51. The minimum Gasteiger partial charge on any atom is -0.456 e. The van der Waals surface area contributed by atoms with E-state index < -0.39 is 6.09 Å². The number of amides is 1. The van der Waals surface area contributed by atoms with Gasteiger partial charge in [-0.1, -0.05) is 0 Å². The Labute approximate surface area is 192 Å². The van der Waals surface area contributed by atoms with E-state index in [1.807, 2.05) is 36.1 Å². The van der Waals surface area contributed by atoms with Crippen LogP contribution in [0.2, 0.25) is 0 Å². The number of ether oxygens (including phenoxy) is 2. The Hall–Kier alpha value is -3.39. The molecule has 0 saturated carbocycles. The summed E-state index contributed by atoms with van der Waals surface area (Å²) in [5, 5.41) is 7.95. The van der Waals surface area contributed by atoms with Crippen molar-refractivity contribution in [3.8, 4) is 22.6 Å². The average Bonchev–Trinajstić information content (AvgIpc) is 3.27. The standard InChI is InChI=1S/C25H27FN4O3/c1-15-4-9-21-22(30(15)25(31)32-3)11-10-20(24(21)33-19-7-5-18(26)6-8-19)17-12-28-29(14-17)23-13-27-16(23)2/h5-8,10-12,14-16,23,27H,4,9,13H2,1-3H3/t15-,16-,23?/m0/s1. The minimum absolute atomic E-state index is 0.00447. The van der Waals surface area contributed by atoms with Gasteiger partial charge < -0.3 is 14.8 Å². The molecular formula is C25H27FN4O3. The van der Waals surface area contributed by atoms with Crippen LogP contribution in [0.1, 0.15) is 31.9 Å². The number of anilines is 1. The number of carbonyl (C=O) groups is 1. The van der Waals surface area contributed by atoms with E-state index in [2.05, 4.69) is 17.3 Å². The third-order valence-electron chi connectivity index (χ3n) is 6.63. The highest BCUT2D eigenvalue weighted by atomic mass is 19.1. The number of halogens is 1. The SMILES string of the molecule is COC(=O)N1c2ccc(-c3cnn(C4CN[C@H]4C)c3)c(Oc3ccc(F)cc3)c2CC[C@@H]1C. The van der Waals surface area contributed by atoms with E-state index in [-0.39, 0.29) is 11.9 Å². The Morgan fingerprint density at radius 2 is 1.97 bits per heavy atom. The third-order valence-corrected chi connectivity index (χ3v) is 6.63. The molecule has 1 saturated heterocycles. The lowest BCUT2D eigenvalue weighted by molar-refractivity contribution is 0.175. The number of fused-ring (bicyclic) bond motifs is 1. The van der Waals surface area contributed by atoms with E-state index >= 15 is 0 Å². The number of hydrogen-bond donors (Lipinski definition) is 1. The van der Waals surface area contributed by atoms with E-state index in [1.54, 1.807) is 17.0 Å². The van der Waals surface area contributed by atoms with Gasteiger partial charge in [0.1, 0.15) is 17.3 Å². The predicted molar refractivity (Wildman–Crippen MR) is 123 cm³/mol. The van der Waals surface area contributed by atoms with E-state index in [0.29, 0.717) is 23.6 Å². The molecule has 33 heavy (non-hydrogen) atoms. The average molecular weight is 451 g/mol. The van der Waals surface area contributed by atoms with E-state index in [9.17, 15) is 9.18 Å². The first-order valence-electron chi connectivity index (χ1n) is 11.2. The fraction of sp³-hybridized carbons (Fsp3) is 0.360. The van der Waals surface area contributed by atoms with E-state index in [4.69, 9.17) is 9.47 Å². The van der Waals surface area contributed by atoms with Gasteiger partial charge in [0, 0.05) is 41.5 Å². The zero-order valence-electron chi connectivity index (χ0n) is 18.9. The van der Waals surface area contributed by atoms with Crippen molar-refractivity contribution in [1.82, 2.24) is 15.1 Å². The number of aromatic nitrogens is 2. The fourth-order valence-corrected chi connectivity index (χ4v) is 4.59. The summed E-state index contributed by atoms with van der Waals surface area (Å²) in [6.45, 7) is 5.03. The van der Waals surface area contributed by atoms with Crippen molar-refractivity contribution in [3.05, 3.63) is 60.2 Å². The van der Waals surface area contributed by atoms with E-state index in [1.165, 1.54) is 19.2 Å². The van der Waals surface area contributed by atoms with Crippen molar-refractivity contribution in [2.75, 3.05) is 18.6 Å². The van der Waals surface area contributed by atoms with Crippen LogP contribution in [0.3, 0.4) is 0 Å². The van der Waals surface area contributed by atoms with Crippen molar-refractivity contribution in [2.24, 2.45) is 0 Å². The minimum atomic E-state index is -0.400. The molecule has 1 N–H and O–H groups in total. The highest BCUT2D eigenvalue weighted by Crippen LogP contribution is 2.45. The first kappa shape index (κ1) is 21.5. The lowest BCUT2D eigenvalue weighted by Gasteiger charge is -2.35. The molecule has 8 heteroatoms. The maximum atomic E-state index is 13.5. The molecular weight excluding hydrogens is 423 g/mol. The highest BCUT2D eigenvalue weighted by Gasteiger charge is 2.33. The molecule has 3 heterocycles. The van der Waals surface area contributed by atoms with Gasteiger partial charge in [-0.3, -0.25) is 9.58 Å². The molecule has 2 aliphatic heterocycles. The largest absolute Gasteiger partial charge is 0.456 e. The third kappa shape index (κ3) is 3.84. The van der Waals surface area contributed by atoms with Crippen LogP contribution in [-0.4, -0.2) is 41.6 Å². The number of nitrogens with zero attached hydrogens (tertiary/aromatic N) is 3. The summed E-state index contributed by atoms with van der Waals surface area (Å²) < 4.78 is 26.9. The van der Waals surface area contributed by atoms with Crippen LogP contribution in [0.15, 0.2) is 48.8 Å². The first-order valence-corrected chi connectivity index (χ1v) is 11.2. The molecule has 3 aromatic rings. The smallest absolute Gasteiger partial charge is 0.414 e. The molecule has 0 bridgehead atoms. The molecule has 1 amide bonds. The summed E-state index contributed by atoms with van der Waals surface area (Å²) in [5.74, 6) is 0.852. The molecule has 3 atom stereocenters. The molecule has 0 radical (unpaired) electrons. The predicted octanol–water partition coefficient (Wildman–Crippen LogP) is 4.92. The Balaban J connectivity index is 1.61. The van der Waals surface area contributed by atoms with Gasteiger partial charge in [-0.25, -0.2) is 9.18 Å². The van der Waals surface area contributed by atoms with Crippen LogP contribution in [0.5, 0.6) is 11.5 Å². The number of methoxy groups -OCH3 is 1. The summed E-state index contributed by atoms with van der Waals surface area (Å²) in [6.07, 6.45) is 4.99.